The second-order valence-electron chi connectivity index (χ2n) is 7.75. The highest BCUT2D eigenvalue weighted by Gasteiger charge is 2.24. The fraction of sp³-hybridized carbons (Fsp3) is 0.857. The zero-order valence-electron chi connectivity index (χ0n) is 18.4. The molecule has 0 saturated carbocycles. The van der Waals surface area contributed by atoms with Crippen LogP contribution in [-0.4, -0.2) is 35.0 Å². The van der Waals surface area contributed by atoms with Gasteiger partial charge >= 0.3 is 5.97 Å². The molecule has 158 valence electrons. The topological polar surface area (TPSA) is 95.5 Å². The van der Waals surface area contributed by atoms with Gasteiger partial charge < -0.3 is 15.7 Å². The van der Waals surface area contributed by atoms with E-state index in [1.807, 2.05) is 13.8 Å². The van der Waals surface area contributed by atoms with Crippen LogP contribution in [0.3, 0.4) is 0 Å². The van der Waals surface area contributed by atoms with E-state index >= 15 is 0 Å². The summed E-state index contributed by atoms with van der Waals surface area (Å²) in [6, 6.07) is -1.68. The number of carboxylic acids is 1. The molecule has 0 aromatic rings. The molecule has 27 heavy (non-hydrogen) atoms. The summed E-state index contributed by atoms with van der Waals surface area (Å²) < 4.78 is 7.10. The number of carboxylic acid groups (broad SMARTS) is 1. The number of nitrogens with one attached hydrogen (secondary N) is 2. The van der Waals surface area contributed by atoms with Crippen molar-refractivity contribution in [2.75, 3.05) is 0 Å². The molecule has 0 bridgehead atoms. The van der Waals surface area contributed by atoms with Crippen molar-refractivity contribution >= 4 is 17.8 Å². The van der Waals surface area contributed by atoms with Gasteiger partial charge in [-0.2, -0.15) is 0 Å². The average Bonchev–Trinajstić information content (AvgIpc) is 2.62. The molecule has 0 saturated heterocycles. The quantitative estimate of drug-likeness (QED) is 0.350. The fourth-order valence-corrected chi connectivity index (χ4v) is 2.87. The monoisotopic (exact) mass is 385 g/mol. The summed E-state index contributed by atoms with van der Waals surface area (Å²) in [6.07, 6.45) is 10.7. The maximum Gasteiger partial charge on any atom is 0.325 e. The van der Waals surface area contributed by atoms with Crippen LogP contribution in [0.4, 0.5) is 0 Å². The first-order chi connectivity index (χ1) is 13.3. The van der Waals surface area contributed by atoms with Gasteiger partial charge in [-0.3, -0.25) is 14.4 Å². The summed E-state index contributed by atoms with van der Waals surface area (Å²) in [4.78, 5) is 35.4. The molecule has 0 aliphatic carbocycles. The van der Waals surface area contributed by atoms with E-state index in [2.05, 4.69) is 10.6 Å². The van der Waals surface area contributed by atoms with Gasteiger partial charge in [0.15, 0.2) is 0 Å². The van der Waals surface area contributed by atoms with E-state index < -0.39 is 24.0 Å². The molecule has 0 aliphatic rings. The summed E-state index contributed by atoms with van der Waals surface area (Å²) in [5, 5.41) is 14.1. The molecule has 2 atom stereocenters. The van der Waals surface area contributed by atoms with E-state index in [0.29, 0.717) is 19.7 Å². The first-order valence-electron chi connectivity index (χ1n) is 11.1. The van der Waals surface area contributed by atoms with Gasteiger partial charge in [0.1, 0.15) is 12.1 Å². The predicted octanol–water partition coefficient (Wildman–Crippen LogP) is 4.03. The molecular weight excluding hydrogens is 344 g/mol. The lowest BCUT2D eigenvalue weighted by Crippen LogP contribution is -2.51. The lowest BCUT2D eigenvalue weighted by molar-refractivity contribution is -0.141. The Hall–Kier alpha value is -1.59. The normalized spacial score (nSPS) is 13.7. The van der Waals surface area contributed by atoms with Crippen LogP contribution in [0.1, 0.15) is 99.7 Å². The minimum atomic E-state index is -1.10. The van der Waals surface area contributed by atoms with Crippen LogP contribution in [-0.2, 0) is 14.4 Å². The largest absolute Gasteiger partial charge is 0.480 e. The van der Waals surface area contributed by atoms with E-state index in [0.717, 1.165) is 32.1 Å². The summed E-state index contributed by atoms with van der Waals surface area (Å²) in [5.74, 6) is -1.49. The molecular formula is C21H40N2O4. The number of hydrogen-bond donors (Lipinski definition) is 3. The Labute approximate surface area is 166 Å². The van der Waals surface area contributed by atoms with Gasteiger partial charge in [-0.05, 0) is 25.7 Å². The SMILES string of the molecule is [2H]CCCCCCCCCCCC(=O)N[C@@H](CC(C)C)C(=O)N[C@H](C)C(=O)O. The summed E-state index contributed by atoms with van der Waals surface area (Å²) in [6.45, 7) is 5.85. The molecule has 0 rings (SSSR count). The van der Waals surface area contributed by atoms with Gasteiger partial charge in [0.25, 0.3) is 0 Å². The first-order valence-corrected chi connectivity index (χ1v) is 10.4. The number of carbonyl (C=O) groups excluding carboxylic acids is 2. The van der Waals surface area contributed by atoms with Crippen molar-refractivity contribution in [3.05, 3.63) is 0 Å². The minimum Gasteiger partial charge on any atom is -0.480 e. The molecule has 0 fully saturated rings. The number of aliphatic carboxylic acids is 1. The third-order valence-electron chi connectivity index (χ3n) is 4.49. The van der Waals surface area contributed by atoms with Gasteiger partial charge in [-0.25, -0.2) is 0 Å². The molecule has 0 radical (unpaired) electrons. The second-order valence-corrected chi connectivity index (χ2v) is 7.75. The van der Waals surface area contributed by atoms with Crippen molar-refractivity contribution in [3.63, 3.8) is 0 Å². The van der Waals surface area contributed by atoms with Crippen LogP contribution in [0.5, 0.6) is 0 Å². The molecule has 0 aromatic heterocycles. The molecule has 6 nitrogen and oxygen atoms in total. The van der Waals surface area contributed by atoms with Crippen LogP contribution >= 0.6 is 0 Å². The zero-order valence-corrected chi connectivity index (χ0v) is 17.4. The number of unbranched alkanes of at least 4 members (excludes halogenated alkanes) is 8. The molecule has 6 heteroatoms. The average molecular weight is 386 g/mol. The first kappa shape index (κ1) is 23.4. The molecule has 0 aliphatic heterocycles. The molecule has 3 N–H and O–H groups in total. The highest BCUT2D eigenvalue weighted by atomic mass is 16.4. The predicted molar refractivity (Wildman–Crippen MR) is 108 cm³/mol. The number of amides is 2. The fourth-order valence-electron chi connectivity index (χ4n) is 2.87. The summed E-state index contributed by atoms with van der Waals surface area (Å²) >= 11 is 0. The highest BCUT2D eigenvalue weighted by Crippen LogP contribution is 2.11. The van der Waals surface area contributed by atoms with Gasteiger partial charge in [0, 0.05) is 7.79 Å². The van der Waals surface area contributed by atoms with Gasteiger partial charge in [0.2, 0.25) is 11.8 Å². The third-order valence-corrected chi connectivity index (χ3v) is 4.49. The Balaban J connectivity index is 4.05. The van der Waals surface area contributed by atoms with Crippen molar-refractivity contribution in [2.45, 2.75) is 110 Å². The molecule has 0 heterocycles. The van der Waals surface area contributed by atoms with Crippen LogP contribution in [0, 0.1) is 5.92 Å². The molecule has 2 amide bonds. The summed E-state index contributed by atoms with van der Waals surface area (Å²) in [5.41, 5.74) is 0. The maximum absolute atomic E-state index is 12.3. The van der Waals surface area contributed by atoms with Crippen molar-refractivity contribution in [1.82, 2.24) is 10.6 Å². The van der Waals surface area contributed by atoms with Crippen LogP contribution < -0.4 is 10.6 Å². The van der Waals surface area contributed by atoms with Crippen molar-refractivity contribution in [1.29, 1.82) is 0 Å². The van der Waals surface area contributed by atoms with Crippen molar-refractivity contribution in [3.8, 4) is 0 Å². The van der Waals surface area contributed by atoms with E-state index in [1.165, 1.54) is 32.6 Å². The zero-order chi connectivity index (χ0) is 21.4. The van der Waals surface area contributed by atoms with Crippen molar-refractivity contribution < 1.29 is 20.9 Å². The number of hydrogen-bond acceptors (Lipinski definition) is 3. The molecule has 0 aromatic carbocycles. The Bertz CT molecular complexity index is 458. The van der Waals surface area contributed by atoms with Gasteiger partial charge in [-0.1, -0.05) is 72.1 Å². The lowest BCUT2D eigenvalue weighted by atomic mass is 10.0. The third kappa shape index (κ3) is 14.2. The molecule has 0 spiro atoms. The Morgan fingerprint density at radius 2 is 1.44 bits per heavy atom. The number of carbonyl (C=O) groups is 3. The van der Waals surface area contributed by atoms with Gasteiger partial charge in [-0.15, -0.1) is 0 Å². The van der Waals surface area contributed by atoms with Crippen molar-refractivity contribution in [2.24, 2.45) is 5.92 Å². The Kier molecular flexibility index (Phi) is 13.4. The van der Waals surface area contributed by atoms with E-state index in [-0.39, 0.29) is 11.8 Å². The summed E-state index contributed by atoms with van der Waals surface area (Å²) in [7, 11) is 0. The Morgan fingerprint density at radius 1 is 0.889 bits per heavy atom. The maximum atomic E-state index is 12.3. The van der Waals surface area contributed by atoms with Gasteiger partial charge in [0.05, 0.1) is 0 Å². The van der Waals surface area contributed by atoms with Crippen LogP contribution in [0.2, 0.25) is 0 Å². The van der Waals surface area contributed by atoms with E-state index in [1.54, 1.807) is 0 Å². The Morgan fingerprint density at radius 3 is 1.96 bits per heavy atom. The second kappa shape index (κ2) is 15.5. The van der Waals surface area contributed by atoms with Crippen LogP contribution in [0.15, 0.2) is 0 Å². The smallest absolute Gasteiger partial charge is 0.325 e. The highest BCUT2D eigenvalue weighted by molar-refractivity contribution is 5.90. The number of rotatable bonds is 16. The van der Waals surface area contributed by atoms with E-state index in [4.69, 9.17) is 6.48 Å². The van der Waals surface area contributed by atoms with Crippen LogP contribution in [0.25, 0.3) is 0 Å². The lowest BCUT2D eigenvalue weighted by Gasteiger charge is -2.21. The standard InChI is InChI=1S/C21H40N2O4/c1-5-6-7-8-9-10-11-12-13-14-19(24)23-18(15-16(2)3)20(25)22-17(4)21(26)27/h16-18H,5-15H2,1-4H3,(H,22,25)(H,23,24)(H,26,27)/t17-,18+/m1/s1/i1D. The molecule has 0 unspecified atom stereocenters. The van der Waals surface area contributed by atoms with E-state index in [9.17, 15) is 14.4 Å². The minimum absolute atomic E-state index is 0.154.